The van der Waals surface area contributed by atoms with E-state index in [9.17, 15) is 5.21 Å². The number of hydroxylamine groups is 3. The second-order valence-electron chi connectivity index (χ2n) is 4.54. The third kappa shape index (κ3) is 1.17. The van der Waals surface area contributed by atoms with Crippen LogP contribution in [0.15, 0.2) is 54.8 Å². The quantitative estimate of drug-likeness (QED) is 0.511. The van der Waals surface area contributed by atoms with Gasteiger partial charge in [0.1, 0.15) is 17.7 Å². The van der Waals surface area contributed by atoms with Crippen LogP contribution in [0.4, 0.5) is 0 Å². The van der Waals surface area contributed by atoms with Crippen molar-refractivity contribution in [3.8, 4) is 0 Å². The van der Waals surface area contributed by atoms with Crippen molar-refractivity contribution in [2.75, 3.05) is 0 Å². The van der Waals surface area contributed by atoms with Crippen LogP contribution in [0.1, 0.15) is 0 Å². The van der Waals surface area contributed by atoms with Gasteiger partial charge in [-0.2, -0.15) is 0 Å². The van der Waals surface area contributed by atoms with Crippen molar-refractivity contribution < 1.29 is 4.65 Å². The lowest BCUT2D eigenvalue weighted by Gasteiger charge is -2.33. The molecule has 0 saturated carbocycles. The summed E-state index contributed by atoms with van der Waals surface area (Å²) in [6, 6.07) is 9.95. The van der Waals surface area contributed by atoms with Crippen molar-refractivity contribution in [2.24, 2.45) is 0 Å². The van der Waals surface area contributed by atoms with E-state index in [1.54, 1.807) is 18.5 Å². The lowest BCUT2D eigenvalue weighted by atomic mass is 10.2. The van der Waals surface area contributed by atoms with E-state index in [0.29, 0.717) is 5.70 Å². The minimum atomic E-state index is -0.533. The van der Waals surface area contributed by atoms with Crippen LogP contribution in [-0.4, -0.2) is 9.63 Å². The van der Waals surface area contributed by atoms with Gasteiger partial charge in [0.2, 0.25) is 0 Å². The summed E-state index contributed by atoms with van der Waals surface area (Å²) >= 11 is 0. The zero-order chi connectivity index (χ0) is 12.2. The van der Waals surface area contributed by atoms with Gasteiger partial charge in [0.25, 0.3) is 0 Å². The van der Waals surface area contributed by atoms with Gasteiger partial charge in [-0.15, -0.1) is 0 Å². The Bertz CT molecular complexity index is 848. The van der Waals surface area contributed by atoms with Crippen molar-refractivity contribution in [2.45, 2.75) is 0 Å². The summed E-state index contributed by atoms with van der Waals surface area (Å²) in [5.41, 5.74) is 1.62. The molecule has 0 N–H and O–H groups in total. The molecule has 0 amide bonds. The predicted molar refractivity (Wildman–Crippen MR) is 70.8 cm³/mol. The third-order valence-electron chi connectivity index (χ3n) is 3.38. The Morgan fingerprint density at radius 3 is 2.94 bits per heavy atom. The number of quaternary nitrogens is 1. The Labute approximate surface area is 103 Å². The Hall–Kier alpha value is -2.23. The second-order valence-corrected chi connectivity index (χ2v) is 4.54. The molecule has 18 heavy (non-hydrogen) atoms. The van der Waals surface area contributed by atoms with Crippen LogP contribution >= 0.6 is 0 Å². The van der Waals surface area contributed by atoms with Crippen LogP contribution in [-0.2, 0) is 0 Å². The first-order chi connectivity index (χ1) is 8.76. The number of fused-ring (bicyclic) bond motifs is 3. The molecule has 0 radical (unpaired) electrons. The molecule has 2 aliphatic heterocycles. The number of allylic oxidation sites excluding steroid dienone is 2. The monoisotopic (exact) mass is 234 g/mol. The molecule has 0 aliphatic carbocycles. The van der Waals surface area contributed by atoms with Crippen molar-refractivity contribution >= 4 is 22.8 Å². The molecule has 2 aromatic rings. The molecule has 0 fully saturated rings. The zero-order valence-corrected chi connectivity index (χ0v) is 9.58. The lowest BCUT2D eigenvalue weighted by molar-refractivity contribution is -0.659. The highest BCUT2D eigenvalue weighted by Gasteiger charge is 2.26. The van der Waals surface area contributed by atoms with E-state index >= 15 is 0 Å². The van der Waals surface area contributed by atoms with E-state index in [4.69, 9.17) is 0 Å². The van der Waals surface area contributed by atoms with E-state index in [2.05, 4.69) is 4.98 Å². The molecule has 1 unspecified atom stereocenters. The average molecular weight is 234 g/mol. The SMILES string of the molecule is [O-][N+]12C=CC=CC1=c1nc3ccccc3cc1=C2. The first-order valence-electron chi connectivity index (χ1n) is 5.85. The van der Waals surface area contributed by atoms with Crippen LogP contribution < -0.4 is 10.6 Å². The molecule has 1 aromatic heterocycles. The van der Waals surface area contributed by atoms with Crippen LogP contribution in [0.5, 0.6) is 0 Å². The van der Waals surface area contributed by atoms with E-state index in [0.717, 1.165) is 21.5 Å². The number of para-hydroxylation sites is 1. The first-order valence-corrected chi connectivity index (χ1v) is 5.85. The summed E-state index contributed by atoms with van der Waals surface area (Å²) in [5.74, 6) is 0. The molecule has 0 spiro atoms. The smallest absolute Gasteiger partial charge is 0.168 e. The van der Waals surface area contributed by atoms with Gasteiger partial charge in [-0.3, -0.25) is 4.65 Å². The van der Waals surface area contributed by atoms with Gasteiger partial charge in [0.15, 0.2) is 5.70 Å². The van der Waals surface area contributed by atoms with E-state index in [-0.39, 0.29) is 0 Å². The molecule has 3 heterocycles. The molecule has 0 bridgehead atoms. The highest BCUT2D eigenvalue weighted by atomic mass is 16.5. The molecule has 4 rings (SSSR count). The molecular formula is C15H10N2O. The number of benzene rings is 1. The molecule has 1 aromatic carbocycles. The Kier molecular flexibility index (Phi) is 1.71. The van der Waals surface area contributed by atoms with Crippen LogP contribution in [0, 0.1) is 5.21 Å². The van der Waals surface area contributed by atoms with Crippen molar-refractivity contribution in [1.29, 1.82) is 0 Å². The van der Waals surface area contributed by atoms with Crippen molar-refractivity contribution in [3.05, 3.63) is 70.5 Å². The Morgan fingerprint density at radius 1 is 1.11 bits per heavy atom. The second kappa shape index (κ2) is 3.16. The van der Waals surface area contributed by atoms with Gasteiger partial charge in [-0.25, -0.2) is 4.98 Å². The maximum Gasteiger partial charge on any atom is 0.168 e. The molecule has 3 nitrogen and oxygen atoms in total. The highest BCUT2D eigenvalue weighted by Crippen LogP contribution is 2.25. The zero-order valence-electron chi connectivity index (χ0n) is 9.58. The van der Waals surface area contributed by atoms with Crippen LogP contribution in [0.3, 0.4) is 0 Å². The Balaban J connectivity index is 2.21. The fourth-order valence-electron chi connectivity index (χ4n) is 2.52. The molecule has 0 saturated heterocycles. The first kappa shape index (κ1) is 9.76. The summed E-state index contributed by atoms with van der Waals surface area (Å²) in [7, 11) is 0. The van der Waals surface area contributed by atoms with Crippen molar-refractivity contribution in [3.63, 3.8) is 0 Å². The fraction of sp³-hybridized carbons (Fsp3) is 0. The Morgan fingerprint density at radius 2 is 2.00 bits per heavy atom. The molecular weight excluding hydrogens is 224 g/mol. The van der Waals surface area contributed by atoms with Gasteiger partial charge in [-0.05, 0) is 18.2 Å². The summed E-state index contributed by atoms with van der Waals surface area (Å²) in [5, 5.41) is 15.4. The number of pyridine rings is 1. The molecule has 86 valence electrons. The minimum Gasteiger partial charge on any atom is -0.617 e. The van der Waals surface area contributed by atoms with Gasteiger partial charge in [-0.1, -0.05) is 24.3 Å². The maximum absolute atomic E-state index is 12.6. The molecule has 1 atom stereocenters. The van der Waals surface area contributed by atoms with Crippen LogP contribution in [0.2, 0.25) is 0 Å². The summed E-state index contributed by atoms with van der Waals surface area (Å²) in [6.45, 7) is 0. The van der Waals surface area contributed by atoms with Gasteiger partial charge in [0, 0.05) is 11.5 Å². The standard InChI is InChI=1S/C15H10N2O/c18-17-8-4-3-7-14(17)15-12(10-17)9-11-5-1-2-6-13(11)16-15/h1-10H. The number of hydrogen-bond acceptors (Lipinski definition) is 2. The number of nitrogens with zero attached hydrogens (tertiary/aromatic N) is 2. The fourth-order valence-corrected chi connectivity index (χ4v) is 2.52. The summed E-state index contributed by atoms with van der Waals surface area (Å²) in [6.07, 6.45) is 8.82. The number of hydrogen-bond donors (Lipinski definition) is 0. The normalized spacial score (nSPS) is 23.9. The predicted octanol–water partition coefficient (Wildman–Crippen LogP) is 1.49. The van der Waals surface area contributed by atoms with E-state index < -0.39 is 4.65 Å². The third-order valence-corrected chi connectivity index (χ3v) is 3.38. The largest absolute Gasteiger partial charge is 0.617 e. The van der Waals surface area contributed by atoms with E-state index in [1.807, 2.05) is 42.5 Å². The van der Waals surface area contributed by atoms with Gasteiger partial charge in [0.05, 0.1) is 10.7 Å². The summed E-state index contributed by atoms with van der Waals surface area (Å²) in [4.78, 5) is 4.62. The van der Waals surface area contributed by atoms with Crippen molar-refractivity contribution in [1.82, 2.24) is 4.98 Å². The highest BCUT2D eigenvalue weighted by molar-refractivity contribution is 5.79. The number of rotatable bonds is 0. The van der Waals surface area contributed by atoms with E-state index in [1.165, 1.54) is 0 Å². The van der Waals surface area contributed by atoms with Gasteiger partial charge < -0.3 is 5.21 Å². The average Bonchev–Trinajstić information content (AvgIpc) is 2.67. The maximum atomic E-state index is 12.6. The minimum absolute atomic E-state index is 0.533. The topological polar surface area (TPSA) is 36.0 Å². The molecule has 3 heteroatoms. The summed E-state index contributed by atoms with van der Waals surface area (Å²) < 4.78 is -0.533. The molecule has 2 aliphatic rings. The van der Waals surface area contributed by atoms with Crippen LogP contribution in [0.25, 0.3) is 22.8 Å². The lowest BCUT2D eigenvalue weighted by Crippen LogP contribution is -2.29. The number of aromatic nitrogens is 1. The van der Waals surface area contributed by atoms with Gasteiger partial charge >= 0.3 is 0 Å².